The lowest BCUT2D eigenvalue weighted by atomic mass is 10.0. The van der Waals surface area contributed by atoms with Gasteiger partial charge in [-0.25, -0.2) is 18.2 Å². The topological polar surface area (TPSA) is 159 Å². The van der Waals surface area contributed by atoms with Crippen molar-refractivity contribution in [2.45, 2.75) is 63.4 Å². The summed E-state index contributed by atoms with van der Waals surface area (Å²) >= 11 is 0. The molecule has 200 valence electrons. The van der Waals surface area contributed by atoms with E-state index in [2.05, 4.69) is 25.5 Å². The van der Waals surface area contributed by atoms with E-state index in [-0.39, 0.29) is 30.1 Å². The van der Waals surface area contributed by atoms with E-state index in [9.17, 15) is 23.1 Å². The van der Waals surface area contributed by atoms with Gasteiger partial charge in [0.15, 0.2) is 0 Å². The Morgan fingerprint density at radius 2 is 1.84 bits per heavy atom. The summed E-state index contributed by atoms with van der Waals surface area (Å²) in [6.07, 6.45) is 3.30. The molecule has 1 aliphatic rings. The number of oxime groups is 1. The molecule has 1 atom stereocenters. The van der Waals surface area contributed by atoms with Crippen LogP contribution in [0.25, 0.3) is 0 Å². The summed E-state index contributed by atoms with van der Waals surface area (Å²) in [6.45, 7) is 5.94. The van der Waals surface area contributed by atoms with Gasteiger partial charge in [0.05, 0.1) is 4.90 Å². The maximum absolute atomic E-state index is 13.5. The summed E-state index contributed by atoms with van der Waals surface area (Å²) in [5.41, 5.74) is -0.439. The van der Waals surface area contributed by atoms with E-state index in [4.69, 9.17) is 4.84 Å². The van der Waals surface area contributed by atoms with Crippen LogP contribution in [0.1, 0.15) is 48.8 Å². The van der Waals surface area contributed by atoms with Gasteiger partial charge in [-0.05, 0) is 63.3 Å². The van der Waals surface area contributed by atoms with Gasteiger partial charge in [-0.1, -0.05) is 35.3 Å². The average Bonchev–Trinajstić information content (AvgIpc) is 3.36. The fourth-order valence-electron chi connectivity index (χ4n) is 4.32. The van der Waals surface area contributed by atoms with E-state index in [1.807, 2.05) is 25.1 Å². The number of anilines is 1. The Balaban J connectivity index is 1.79. The number of carboxylic acid groups (broad SMARTS) is 1. The smallest absolute Gasteiger partial charge is 0.345 e. The fourth-order valence-corrected chi connectivity index (χ4v) is 6.09. The first kappa shape index (κ1) is 28.1. The number of aromatic nitrogens is 1. The zero-order valence-corrected chi connectivity index (χ0v) is 22.0. The second kappa shape index (κ2) is 12.2. The minimum absolute atomic E-state index is 0.00656. The molecule has 3 rings (SSSR count). The van der Waals surface area contributed by atoms with Crippen LogP contribution in [-0.2, 0) is 24.4 Å². The van der Waals surface area contributed by atoms with E-state index in [1.165, 1.54) is 0 Å². The number of carbonyl (C=O) groups is 2. The van der Waals surface area contributed by atoms with Gasteiger partial charge >= 0.3 is 5.97 Å². The molecule has 0 fully saturated rings. The number of aliphatic carboxylic acids is 1. The summed E-state index contributed by atoms with van der Waals surface area (Å²) in [6, 6.07) is 8.94. The van der Waals surface area contributed by atoms with E-state index in [1.54, 1.807) is 32.2 Å². The van der Waals surface area contributed by atoms with Gasteiger partial charge in [-0.2, -0.15) is 4.72 Å². The maximum Gasteiger partial charge on any atom is 0.345 e. The van der Waals surface area contributed by atoms with Gasteiger partial charge in [0, 0.05) is 19.2 Å². The van der Waals surface area contributed by atoms with Gasteiger partial charge in [-0.15, -0.1) is 0 Å². The zero-order chi connectivity index (χ0) is 27.1. The van der Waals surface area contributed by atoms with Crippen LogP contribution in [0.5, 0.6) is 0 Å². The first-order valence-corrected chi connectivity index (χ1v) is 13.5. The number of nitrogens with zero attached hydrogens (tertiary/aromatic N) is 2. The van der Waals surface area contributed by atoms with Gasteiger partial charge in [0.25, 0.3) is 5.91 Å². The fraction of sp³-hybridized carbons (Fsp3) is 0.440. The molecule has 0 saturated carbocycles. The number of rotatable bonds is 13. The third-order valence-corrected chi connectivity index (χ3v) is 7.74. The van der Waals surface area contributed by atoms with Crippen LogP contribution >= 0.6 is 0 Å². The molecule has 4 N–H and O–H groups in total. The number of carbonyl (C=O) groups excluding carboxylic acids is 1. The number of aryl methyl sites for hydroxylation is 3. The van der Waals surface area contributed by atoms with Crippen LogP contribution in [0.4, 0.5) is 5.82 Å². The summed E-state index contributed by atoms with van der Waals surface area (Å²) in [5, 5.41) is 19.4. The summed E-state index contributed by atoms with van der Waals surface area (Å²) in [5.74, 6) is -1.58. The Bertz CT molecular complexity index is 1240. The molecule has 1 aliphatic heterocycles. The largest absolute Gasteiger partial charge is 0.478 e. The molecule has 2 aromatic rings. The normalized spacial score (nSPS) is 14.8. The molecule has 1 aromatic carbocycles. The molecule has 37 heavy (non-hydrogen) atoms. The van der Waals surface area contributed by atoms with Crippen molar-refractivity contribution in [1.29, 1.82) is 0 Å². The van der Waals surface area contributed by atoms with Gasteiger partial charge < -0.3 is 20.6 Å². The number of hydrogen-bond acceptors (Lipinski definition) is 8. The molecule has 0 bridgehead atoms. The Hall–Kier alpha value is -3.51. The summed E-state index contributed by atoms with van der Waals surface area (Å²) < 4.78 is 29.3. The van der Waals surface area contributed by atoms with E-state index < -0.39 is 27.6 Å². The predicted octanol–water partition coefficient (Wildman–Crippen LogP) is 2.63. The molecule has 1 aromatic heterocycles. The molecule has 0 radical (unpaired) electrons. The minimum Gasteiger partial charge on any atom is -0.478 e. The van der Waals surface area contributed by atoms with Crippen LogP contribution in [-0.4, -0.2) is 54.9 Å². The van der Waals surface area contributed by atoms with Crippen molar-refractivity contribution in [3.63, 3.8) is 0 Å². The standard InChI is InChI=1S/C25H33N5O6S/c1-17-15-18(2)22(19(3)16-17)37(34,35)30-25(24(32)33,28-23(31)20-10-14-36-29-20)11-6-4-7-12-26-21-9-5-8-13-27-21/h5,8-9,13,15-16,30H,4,6-7,10-12,14H2,1-3H3,(H,26,27)(H,28,31)(H,32,33). The lowest BCUT2D eigenvalue weighted by molar-refractivity contribution is -0.148. The molecule has 11 nitrogen and oxygen atoms in total. The number of amides is 1. The highest BCUT2D eigenvalue weighted by molar-refractivity contribution is 7.89. The SMILES string of the molecule is Cc1cc(C)c(S(=O)(=O)NC(CCCCCNc2ccccn2)(NC(=O)C2=NOCC2)C(=O)O)c(C)c1. The molecule has 0 spiro atoms. The third-order valence-electron chi connectivity index (χ3n) is 5.94. The molecule has 0 aliphatic carbocycles. The molecule has 12 heteroatoms. The van der Waals surface area contributed by atoms with Crippen LogP contribution in [0, 0.1) is 20.8 Å². The molecule has 1 amide bonds. The first-order valence-electron chi connectivity index (χ1n) is 12.1. The quantitative estimate of drug-likeness (QED) is 0.227. The predicted molar refractivity (Wildman–Crippen MR) is 139 cm³/mol. The maximum atomic E-state index is 13.5. The average molecular weight is 532 g/mol. The van der Waals surface area contributed by atoms with Crippen molar-refractivity contribution in [3.8, 4) is 0 Å². The third kappa shape index (κ3) is 7.26. The van der Waals surface area contributed by atoms with Gasteiger partial charge in [-0.3, -0.25) is 4.79 Å². The van der Waals surface area contributed by atoms with Gasteiger partial charge in [0.1, 0.15) is 18.1 Å². The zero-order valence-electron chi connectivity index (χ0n) is 21.2. The number of unbranched alkanes of at least 4 members (excludes halogenated alkanes) is 2. The molecule has 2 heterocycles. The second-order valence-electron chi connectivity index (χ2n) is 9.07. The first-order chi connectivity index (χ1) is 17.5. The molecule has 1 unspecified atom stereocenters. The lowest BCUT2D eigenvalue weighted by Crippen LogP contribution is -2.66. The number of pyridine rings is 1. The number of hydrogen-bond donors (Lipinski definition) is 4. The van der Waals surface area contributed by atoms with E-state index >= 15 is 0 Å². The highest BCUT2D eigenvalue weighted by Gasteiger charge is 2.45. The number of nitrogens with one attached hydrogen (secondary N) is 3. The van der Waals surface area contributed by atoms with Crippen molar-refractivity contribution >= 4 is 33.4 Å². The molecular weight excluding hydrogens is 498 g/mol. The van der Waals surface area contributed by atoms with Crippen molar-refractivity contribution < 1.29 is 28.0 Å². The van der Waals surface area contributed by atoms with Crippen LogP contribution in [0.15, 0.2) is 46.6 Å². The van der Waals surface area contributed by atoms with Gasteiger partial charge in [0.2, 0.25) is 15.7 Å². The number of carboxylic acids is 1. The summed E-state index contributed by atoms with van der Waals surface area (Å²) in [4.78, 5) is 34.4. The van der Waals surface area contributed by atoms with E-state index in [0.717, 1.165) is 11.4 Å². The second-order valence-corrected chi connectivity index (χ2v) is 10.7. The highest BCUT2D eigenvalue weighted by Crippen LogP contribution is 2.25. The lowest BCUT2D eigenvalue weighted by Gasteiger charge is -2.31. The minimum atomic E-state index is -4.33. The van der Waals surface area contributed by atoms with Crippen LogP contribution in [0.2, 0.25) is 0 Å². The number of sulfonamides is 1. The Morgan fingerprint density at radius 3 is 2.43 bits per heavy atom. The Kier molecular flexibility index (Phi) is 9.22. The number of benzene rings is 1. The Morgan fingerprint density at radius 1 is 1.11 bits per heavy atom. The summed E-state index contributed by atoms with van der Waals surface area (Å²) in [7, 11) is -4.33. The monoisotopic (exact) mass is 531 g/mol. The molecule has 0 saturated heterocycles. The van der Waals surface area contributed by atoms with Crippen molar-refractivity contribution in [3.05, 3.63) is 53.2 Å². The van der Waals surface area contributed by atoms with Crippen molar-refractivity contribution in [1.82, 2.24) is 15.0 Å². The highest BCUT2D eigenvalue weighted by atomic mass is 32.2. The van der Waals surface area contributed by atoms with Crippen LogP contribution in [0.3, 0.4) is 0 Å². The Labute approximate surface area is 216 Å². The molecular formula is C25H33N5O6S. The van der Waals surface area contributed by atoms with Crippen molar-refractivity contribution in [2.75, 3.05) is 18.5 Å². The van der Waals surface area contributed by atoms with Crippen LogP contribution < -0.4 is 15.4 Å². The van der Waals surface area contributed by atoms with E-state index in [0.29, 0.717) is 36.9 Å². The van der Waals surface area contributed by atoms with Crippen molar-refractivity contribution in [2.24, 2.45) is 5.16 Å².